The second-order valence-electron chi connectivity index (χ2n) is 5.84. The highest BCUT2D eigenvalue weighted by atomic mass is 32.1. The Balaban J connectivity index is 1.71. The average Bonchev–Trinajstić information content (AvgIpc) is 3.14. The van der Waals surface area contributed by atoms with Crippen molar-refractivity contribution in [2.75, 3.05) is 19.5 Å². The highest BCUT2D eigenvalue weighted by molar-refractivity contribution is 7.14. The van der Waals surface area contributed by atoms with E-state index >= 15 is 0 Å². The van der Waals surface area contributed by atoms with Crippen molar-refractivity contribution in [3.05, 3.63) is 65.0 Å². The summed E-state index contributed by atoms with van der Waals surface area (Å²) in [5.74, 6) is 1.26. The van der Waals surface area contributed by atoms with Gasteiger partial charge in [0.25, 0.3) is 0 Å². The summed E-state index contributed by atoms with van der Waals surface area (Å²) < 4.78 is 10.6. The van der Waals surface area contributed by atoms with Crippen molar-refractivity contribution in [3.63, 3.8) is 0 Å². The van der Waals surface area contributed by atoms with Crippen molar-refractivity contribution < 1.29 is 14.3 Å². The van der Waals surface area contributed by atoms with Gasteiger partial charge < -0.3 is 9.47 Å². The van der Waals surface area contributed by atoms with Crippen molar-refractivity contribution in [1.82, 2.24) is 4.98 Å². The normalized spacial score (nSPS) is 10.8. The highest BCUT2D eigenvalue weighted by Gasteiger charge is 2.11. The number of ether oxygens (including phenoxy) is 2. The molecular weight excluding hydrogens is 360 g/mol. The van der Waals surface area contributed by atoms with E-state index in [9.17, 15) is 4.79 Å². The van der Waals surface area contributed by atoms with Gasteiger partial charge in [0.2, 0.25) is 5.91 Å². The molecule has 5 nitrogen and oxygen atoms in total. The molecule has 6 heteroatoms. The summed E-state index contributed by atoms with van der Waals surface area (Å²) in [5, 5.41) is 5.23. The Morgan fingerprint density at radius 2 is 2.00 bits per heavy atom. The molecule has 0 aliphatic heterocycles. The Kier molecular flexibility index (Phi) is 5.88. The molecule has 2 aromatic carbocycles. The van der Waals surface area contributed by atoms with E-state index in [1.807, 2.05) is 54.8 Å². The standard InChI is InChI=1S/C21H20N2O3S/c1-14-7-9-19(26-3)17(11-14)18-13-27-21(22-18)23-20(24)10-8-15-5-4-6-16(12-15)25-2/h4-13H,1-3H3,(H,22,23,24)/b10-8+. The van der Waals surface area contributed by atoms with Crippen molar-refractivity contribution in [1.29, 1.82) is 0 Å². The van der Waals surface area contributed by atoms with Crippen LogP contribution >= 0.6 is 11.3 Å². The molecule has 0 aliphatic rings. The number of nitrogens with zero attached hydrogens (tertiary/aromatic N) is 1. The van der Waals surface area contributed by atoms with Gasteiger partial charge in [0.15, 0.2) is 5.13 Å². The number of hydrogen-bond donors (Lipinski definition) is 1. The van der Waals surface area contributed by atoms with E-state index in [0.717, 1.165) is 33.9 Å². The summed E-state index contributed by atoms with van der Waals surface area (Å²) >= 11 is 1.37. The Bertz CT molecular complexity index is 979. The zero-order valence-corrected chi connectivity index (χ0v) is 16.2. The molecule has 138 valence electrons. The van der Waals surface area contributed by atoms with Crippen LogP contribution in [0.4, 0.5) is 5.13 Å². The predicted molar refractivity (Wildman–Crippen MR) is 109 cm³/mol. The first kappa shape index (κ1) is 18.7. The van der Waals surface area contributed by atoms with Gasteiger partial charge in [-0.05, 0) is 42.8 Å². The van der Waals surface area contributed by atoms with Crippen molar-refractivity contribution in [2.45, 2.75) is 6.92 Å². The molecule has 1 aromatic heterocycles. The first-order valence-electron chi connectivity index (χ1n) is 8.32. The largest absolute Gasteiger partial charge is 0.497 e. The second kappa shape index (κ2) is 8.51. The van der Waals surface area contributed by atoms with Gasteiger partial charge in [-0.25, -0.2) is 4.98 Å². The zero-order chi connectivity index (χ0) is 19.2. The molecule has 1 N–H and O–H groups in total. The van der Waals surface area contributed by atoms with Gasteiger partial charge in [-0.1, -0.05) is 23.8 Å². The number of nitrogens with one attached hydrogen (secondary N) is 1. The number of carbonyl (C=O) groups is 1. The number of methoxy groups -OCH3 is 2. The maximum Gasteiger partial charge on any atom is 0.250 e. The summed E-state index contributed by atoms with van der Waals surface area (Å²) in [4.78, 5) is 16.7. The van der Waals surface area contributed by atoms with Crippen LogP contribution in [-0.4, -0.2) is 25.1 Å². The minimum absolute atomic E-state index is 0.241. The van der Waals surface area contributed by atoms with Gasteiger partial charge in [-0.15, -0.1) is 11.3 Å². The molecule has 0 radical (unpaired) electrons. The molecule has 0 saturated heterocycles. The highest BCUT2D eigenvalue weighted by Crippen LogP contribution is 2.32. The van der Waals surface area contributed by atoms with Gasteiger partial charge in [-0.2, -0.15) is 0 Å². The fraction of sp³-hybridized carbons (Fsp3) is 0.143. The van der Waals surface area contributed by atoms with Crippen molar-refractivity contribution >= 4 is 28.5 Å². The van der Waals surface area contributed by atoms with E-state index in [4.69, 9.17) is 9.47 Å². The molecule has 1 heterocycles. The van der Waals surface area contributed by atoms with Crippen molar-refractivity contribution in [2.24, 2.45) is 0 Å². The molecule has 1 amide bonds. The monoisotopic (exact) mass is 380 g/mol. The second-order valence-corrected chi connectivity index (χ2v) is 6.70. The lowest BCUT2D eigenvalue weighted by Crippen LogP contribution is -2.07. The average molecular weight is 380 g/mol. The molecule has 0 bridgehead atoms. The summed E-state index contributed by atoms with van der Waals surface area (Å²) in [6.45, 7) is 2.02. The molecular formula is C21H20N2O3S. The number of thiazole rings is 1. The van der Waals surface area contributed by atoms with E-state index in [-0.39, 0.29) is 5.91 Å². The van der Waals surface area contributed by atoms with Crippen LogP contribution in [0.3, 0.4) is 0 Å². The maximum atomic E-state index is 12.2. The number of benzene rings is 2. The molecule has 3 aromatic rings. The summed E-state index contributed by atoms with van der Waals surface area (Å²) in [6.07, 6.45) is 3.21. The van der Waals surface area contributed by atoms with Crippen LogP contribution in [0.15, 0.2) is 53.9 Å². The Hall–Kier alpha value is -3.12. The van der Waals surface area contributed by atoms with Gasteiger partial charge in [0.05, 0.1) is 19.9 Å². The number of anilines is 1. The first-order chi connectivity index (χ1) is 13.1. The lowest BCUT2D eigenvalue weighted by atomic mass is 10.1. The molecule has 0 spiro atoms. The number of carbonyl (C=O) groups excluding carboxylic acids is 1. The van der Waals surface area contributed by atoms with Crippen LogP contribution < -0.4 is 14.8 Å². The topological polar surface area (TPSA) is 60.5 Å². The summed E-state index contributed by atoms with van der Waals surface area (Å²) in [6, 6.07) is 13.4. The van der Waals surface area contributed by atoms with E-state index in [0.29, 0.717) is 5.13 Å². The van der Waals surface area contributed by atoms with Crippen LogP contribution in [0.2, 0.25) is 0 Å². The number of aromatic nitrogens is 1. The number of aryl methyl sites for hydroxylation is 1. The van der Waals surface area contributed by atoms with Gasteiger partial charge in [-0.3, -0.25) is 10.1 Å². The van der Waals surface area contributed by atoms with Crippen LogP contribution in [0.25, 0.3) is 17.3 Å². The molecule has 0 atom stereocenters. The Labute approximate surface area is 162 Å². The third-order valence-electron chi connectivity index (χ3n) is 3.89. The number of hydrogen-bond acceptors (Lipinski definition) is 5. The minimum Gasteiger partial charge on any atom is -0.497 e. The van der Waals surface area contributed by atoms with Crippen LogP contribution in [0, 0.1) is 6.92 Å². The van der Waals surface area contributed by atoms with E-state index in [1.54, 1.807) is 20.3 Å². The summed E-state index contributed by atoms with van der Waals surface area (Å²) in [7, 11) is 3.24. The number of amides is 1. The molecule has 0 unspecified atom stereocenters. The lowest BCUT2D eigenvalue weighted by molar-refractivity contribution is -0.111. The van der Waals surface area contributed by atoms with E-state index in [1.165, 1.54) is 17.4 Å². The van der Waals surface area contributed by atoms with Gasteiger partial charge in [0.1, 0.15) is 11.5 Å². The molecule has 0 aliphatic carbocycles. The molecule has 27 heavy (non-hydrogen) atoms. The third-order valence-corrected chi connectivity index (χ3v) is 4.64. The fourth-order valence-electron chi connectivity index (χ4n) is 2.54. The SMILES string of the molecule is COc1cccc(/C=C/C(=O)Nc2nc(-c3cc(C)ccc3OC)cs2)c1. The van der Waals surface area contributed by atoms with Crippen LogP contribution in [0.5, 0.6) is 11.5 Å². The molecule has 0 fully saturated rings. The minimum atomic E-state index is -0.241. The number of rotatable bonds is 6. The zero-order valence-electron chi connectivity index (χ0n) is 15.4. The summed E-state index contributed by atoms with van der Waals surface area (Å²) in [5.41, 5.74) is 3.67. The van der Waals surface area contributed by atoms with Crippen LogP contribution in [-0.2, 0) is 4.79 Å². The smallest absolute Gasteiger partial charge is 0.250 e. The quantitative estimate of drug-likeness (QED) is 0.625. The van der Waals surface area contributed by atoms with E-state index < -0.39 is 0 Å². The van der Waals surface area contributed by atoms with Crippen LogP contribution in [0.1, 0.15) is 11.1 Å². The first-order valence-corrected chi connectivity index (χ1v) is 9.20. The predicted octanol–water partition coefficient (Wildman–Crippen LogP) is 4.79. The van der Waals surface area contributed by atoms with Crippen molar-refractivity contribution in [3.8, 4) is 22.8 Å². The van der Waals surface area contributed by atoms with Gasteiger partial charge in [0, 0.05) is 17.0 Å². The maximum absolute atomic E-state index is 12.2. The third kappa shape index (κ3) is 4.74. The van der Waals surface area contributed by atoms with Gasteiger partial charge >= 0.3 is 0 Å². The molecule has 0 saturated carbocycles. The Morgan fingerprint density at radius 3 is 2.78 bits per heavy atom. The Morgan fingerprint density at radius 1 is 1.15 bits per heavy atom. The fourth-order valence-corrected chi connectivity index (χ4v) is 3.25. The molecule has 3 rings (SSSR count). The lowest BCUT2D eigenvalue weighted by Gasteiger charge is -2.07. The van der Waals surface area contributed by atoms with E-state index in [2.05, 4.69) is 10.3 Å².